The molecular weight excluding hydrogens is 182 g/mol. The molecule has 0 amide bonds. The first-order valence-electron chi connectivity index (χ1n) is 2.99. The fraction of sp³-hybridized carbons (Fsp3) is 0.143. The molecular formula is C7H8ClNOS. The van der Waals surface area contributed by atoms with Gasteiger partial charge in [0, 0.05) is 16.2 Å². The van der Waals surface area contributed by atoms with Crippen LogP contribution in [0.15, 0.2) is 29.2 Å². The second-order valence-corrected chi connectivity index (χ2v) is 4.90. The van der Waals surface area contributed by atoms with Crippen molar-refractivity contribution in [3.05, 3.63) is 29.3 Å². The first kappa shape index (κ1) is 8.56. The Hall–Kier alpha value is -0.540. The summed E-state index contributed by atoms with van der Waals surface area (Å²) in [6, 6.07) is 6.57. The van der Waals surface area contributed by atoms with Gasteiger partial charge in [0.2, 0.25) is 0 Å². The molecule has 0 bridgehead atoms. The number of benzene rings is 1. The number of rotatable bonds is 1. The van der Waals surface area contributed by atoms with Crippen molar-refractivity contribution in [2.45, 2.75) is 4.90 Å². The highest BCUT2D eigenvalue weighted by molar-refractivity contribution is 7.91. The van der Waals surface area contributed by atoms with Crippen LogP contribution in [-0.4, -0.2) is 10.5 Å². The van der Waals surface area contributed by atoms with Crippen molar-refractivity contribution in [3.63, 3.8) is 0 Å². The van der Waals surface area contributed by atoms with Crippen LogP contribution in [0.3, 0.4) is 0 Å². The van der Waals surface area contributed by atoms with Crippen LogP contribution in [0.2, 0.25) is 5.02 Å². The lowest BCUT2D eigenvalue weighted by molar-refractivity contribution is 0.679. The van der Waals surface area contributed by atoms with E-state index in [0.717, 1.165) is 0 Å². The van der Waals surface area contributed by atoms with Gasteiger partial charge in [-0.3, -0.25) is 0 Å². The maximum absolute atomic E-state index is 11.1. The Labute approximate surface area is 71.2 Å². The number of halogens is 1. The van der Waals surface area contributed by atoms with E-state index in [-0.39, 0.29) is 0 Å². The summed E-state index contributed by atoms with van der Waals surface area (Å²) < 4.78 is 18.4. The van der Waals surface area contributed by atoms with Gasteiger partial charge in [0.1, 0.15) is 0 Å². The van der Waals surface area contributed by atoms with Gasteiger partial charge in [-0.1, -0.05) is 17.7 Å². The van der Waals surface area contributed by atoms with Crippen molar-refractivity contribution < 1.29 is 4.21 Å². The van der Waals surface area contributed by atoms with Crippen LogP contribution in [0.4, 0.5) is 0 Å². The van der Waals surface area contributed by atoms with Crippen molar-refractivity contribution >= 4 is 21.3 Å². The molecule has 11 heavy (non-hydrogen) atoms. The van der Waals surface area contributed by atoms with E-state index in [2.05, 4.69) is 0 Å². The highest BCUT2D eigenvalue weighted by Crippen LogP contribution is 2.15. The molecule has 1 rings (SSSR count). The second kappa shape index (κ2) is 2.83. The molecule has 0 fully saturated rings. The Morgan fingerprint density at radius 1 is 1.55 bits per heavy atom. The van der Waals surface area contributed by atoms with Gasteiger partial charge in [-0.2, -0.15) is 0 Å². The van der Waals surface area contributed by atoms with Crippen LogP contribution >= 0.6 is 11.6 Å². The summed E-state index contributed by atoms with van der Waals surface area (Å²) in [5.41, 5.74) is 0. The molecule has 1 atom stereocenters. The molecule has 60 valence electrons. The van der Waals surface area contributed by atoms with Crippen LogP contribution in [0.1, 0.15) is 0 Å². The van der Waals surface area contributed by atoms with Crippen molar-refractivity contribution in [3.8, 4) is 0 Å². The second-order valence-electron chi connectivity index (χ2n) is 2.30. The van der Waals surface area contributed by atoms with E-state index >= 15 is 0 Å². The molecule has 1 aromatic rings. The summed E-state index contributed by atoms with van der Waals surface area (Å²) in [6.45, 7) is 0. The molecule has 0 radical (unpaired) electrons. The Kier molecular flexibility index (Phi) is 2.20. The van der Waals surface area contributed by atoms with Crippen LogP contribution in [-0.2, 0) is 9.73 Å². The molecule has 0 heterocycles. The molecule has 0 aromatic heterocycles. The van der Waals surface area contributed by atoms with Crippen LogP contribution < -0.4 is 0 Å². The molecule has 0 aliphatic rings. The summed E-state index contributed by atoms with van der Waals surface area (Å²) in [6.07, 6.45) is 1.37. The normalized spacial score (nSPS) is 15.8. The Balaban J connectivity index is 3.28. The zero-order chi connectivity index (χ0) is 8.48. The van der Waals surface area contributed by atoms with E-state index in [1.54, 1.807) is 24.3 Å². The van der Waals surface area contributed by atoms with Gasteiger partial charge >= 0.3 is 0 Å². The van der Waals surface area contributed by atoms with Crippen molar-refractivity contribution in [1.82, 2.24) is 0 Å². The van der Waals surface area contributed by atoms with E-state index in [1.165, 1.54) is 6.26 Å². The van der Waals surface area contributed by atoms with Gasteiger partial charge in [-0.15, -0.1) is 0 Å². The largest absolute Gasteiger partial charge is 0.249 e. The SMILES string of the molecule is C[S@](=N)(=O)c1cccc(Cl)c1. The zero-order valence-electron chi connectivity index (χ0n) is 6.00. The van der Waals surface area contributed by atoms with E-state index in [9.17, 15) is 4.21 Å². The molecule has 0 aliphatic carbocycles. The van der Waals surface area contributed by atoms with E-state index < -0.39 is 9.73 Å². The molecule has 0 aliphatic heterocycles. The molecule has 0 spiro atoms. The quantitative estimate of drug-likeness (QED) is 0.724. The fourth-order valence-electron chi connectivity index (χ4n) is 0.709. The average Bonchev–Trinajstić information content (AvgIpc) is 1.86. The molecule has 0 saturated carbocycles. The first-order chi connectivity index (χ1) is 5.00. The number of hydrogen-bond donors (Lipinski definition) is 1. The maximum Gasteiger partial charge on any atom is 0.0697 e. The first-order valence-corrected chi connectivity index (χ1v) is 5.34. The lowest BCUT2D eigenvalue weighted by Crippen LogP contribution is -1.93. The number of hydrogen-bond acceptors (Lipinski definition) is 2. The van der Waals surface area contributed by atoms with E-state index in [4.69, 9.17) is 16.4 Å². The van der Waals surface area contributed by atoms with Gasteiger partial charge in [0.25, 0.3) is 0 Å². The molecule has 1 aromatic carbocycles. The maximum atomic E-state index is 11.1. The smallest absolute Gasteiger partial charge is 0.0697 e. The van der Waals surface area contributed by atoms with E-state index in [0.29, 0.717) is 9.92 Å². The summed E-state index contributed by atoms with van der Waals surface area (Å²) in [5.74, 6) is 0. The van der Waals surface area contributed by atoms with Gasteiger partial charge < -0.3 is 0 Å². The predicted octanol–water partition coefficient (Wildman–Crippen LogP) is 2.38. The third-order valence-electron chi connectivity index (χ3n) is 1.25. The molecule has 0 saturated heterocycles. The molecule has 2 nitrogen and oxygen atoms in total. The third-order valence-corrected chi connectivity index (χ3v) is 2.63. The van der Waals surface area contributed by atoms with Crippen molar-refractivity contribution in [2.75, 3.05) is 6.26 Å². The Morgan fingerprint density at radius 2 is 2.18 bits per heavy atom. The van der Waals surface area contributed by atoms with Crippen LogP contribution in [0.25, 0.3) is 0 Å². The van der Waals surface area contributed by atoms with Crippen LogP contribution in [0.5, 0.6) is 0 Å². The lowest BCUT2D eigenvalue weighted by atomic mass is 10.4. The predicted molar refractivity (Wildman–Crippen MR) is 46.5 cm³/mol. The molecule has 1 N–H and O–H groups in total. The topological polar surface area (TPSA) is 40.9 Å². The minimum atomic E-state index is -2.61. The highest BCUT2D eigenvalue weighted by atomic mass is 35.5. The number of nitrogens with one attached hydrogen (secondary N) is 1. The standard InChI is InChI=1S/C7H8ClNOS/c1-11(9,10)7-4-2-3-6(8)5-7/h2-5,9H,1H3/t11-/m0/s1. The van der Waals surface area contributed by atoms with Gasteiger partial charge in [-0.25, -0.2) is 8.99 Å². The average molecular weight is 190 g/mol. The van der Waals surface area contributed by atoms with Gasteiger partial charge in [0.05, 0.1) is 9.73 Å². The lowest BCUT2D eigenvalue weighted by Gasteiger charge is -1.99. The minimum Gasteiger partial charge on any atom is -0.249 e. The molecule has 4 heteroatoms. The van der Waals surface area contributed by atoms with Crippen molar-refractivity contribution in [2.24, 2.45) is 0 Å². The Morgan fingerprint density at radius 3 is 2.55 bits per heavy atom. The summed E-state index contributed by atoms with van der Waals surface area (Å²) in [7, 11) is -2.61. The summed E-state index contributed by atoms with van der Waals surface area (Å²) in [5, 5.41) is 0.518. The summed E-state index contributed by atoms with van der Waals surface area (Å²) >= 11 is 5.64. The third kappa shape index (κ3) is 2.20. The monoisotopic (exact) mass is 189 g/mol. The zero-order valence-corrected chi connectivity index (χ0v) is 7.58. The van der Waals surface area contributed by atoms with Gasteiger partial charge in [0.15, 0.2) is 0 Å². The molecule has 0 unspecified atom stereocenters. The summed E-state index contributed by atoms with van der Waals surface area (Å²) in [4.78, 5) is 0.477. The van der Waals surface area contributed by atoms with E-state index in [1.807, 2.05) is 0 Å². The minimum absolute atomic E-state index is 0.477. The van der Waals surface area contributed by atoms with Crippen molar-refractivity contribution in [1.29, 1.82) is 4.78 Å². The Bertz CT molecular complexity index is 358. The van der Waals surface area contributed by atoms with Crippen LogP contribution in [0, 0.1) is 4.78 Å². The fourth-order valence-corrected chi connectivity index (χ4v) is 1.65. The highest BCUT2D eigenvalue weighted by Gasteiger charge is 2.01. The van der Waals surface area contributed by atoms with Gasteiger partial charge in [-0.05, 0) is 18.2 Å².